The van der Waals surface area contributed by atoms with E-state index in [0.29, 0.717) is 13.0 Å². The number of benzene rings is 1. The van der Waals surface area contributed by atoms with Crippen molar-refractivity contribution in [2.24, 2.45) is 0 Å². The number of rotatable bonds is 8. The summed E-state index contributed by atoms with van der Waals surface area (Å²) in [7, 11) is 0. The predicted molar refractivity (Wildman–Crippen MR) is 77.9 cm³/mol. The van der Waals surface area contributed by atoms with Crippen LogP contribution in [0.4, 0.5) is 0 Å². The first-order valence-corrected chi connectivity index (χ1v) is 7.26. The Morgan fingerprint density at radius 3 is 2.78 bits per heavy atom. The number of ether oxygens (including phenoxy) is 1. The molecule has 4 heteroatoms. The van der Waals surface area contributed by atoms with E-state index in [1.54, 1.807) is 0 Å². The maximum Gasteiger partial charge on any atom is 0.133 e. The fraction of sp³-hybridized carbons (Fsp3) is 0.571. The molecule has 1 rings (SSSR count). The number of aliphatic hydroxyl groups excluding tert-OH is 1. The molecule has 102 valence electrons. The molecule has 0 spiro atoms. The monoisotopic (exact) mass is 315 g/mol. The molecule has 1 aromatic carbocycles. The Labute approximate surface area is 118 Å². The molecule has 0 aliphatic heterocycles. The molecular weight excluding hydrogens is 294 g/mol. The van der Waals surface area contributed by atoms with Crippen LogP contribution >= 0.6 is 15.9 Å². The third-order valence-electron chi connectivity index (χ3n) is 2.65. The van der Waals surface area contributed by atoms with Crippen molar-refractivity contribution in [1.29, 1.82) is 0 Å². The Morgan fingerprint density at radius 2 is 2.17 bits per heavy atom. The van der Waals surface area contributed by atoms with Gasteiger partial charge in [-0.1, -0.05) is 19.9 Å². The number of hydrogen-bond donors (Lipinski definition) is 2. The molecule has 1 atom stereocenters. The van der Waals surface area contributed by atoms with Crippen molar-refractivity contribution in [3.05, 3.63) is 28.2 Å². The van der Waals surface area contributed by atoms with Gasteiger partial charge in [0.2, 0.25) is 0 Å². The topological polar surface area (TPSA) is 41.5 Å². The maximum atomic E-state index is 9.46. The van der Waals surface area contributed by atoms with Crippen molar-refractivity contribution in [2.75, 3.05) is 13.2 Å². The van der Waals surface area contributed by atoms with E-state index in [0.717, 1.165) is 29.7 Å². The summed E-state index contributed by atoms with van der Waals surface area (Å²) in [6.07, 6.45) is 1.44. The first-order chi connectivity index (χ1) is 8.67. The molecule has 0 amide bonds. The Kier molecular flexibility index (Phi) is 7.32. The standard InChI is InChI=1S/C14H22BrNO2/c1-3-7-16-9-11-5-6-14(13(15)8-11)18-10-12(17)4-2/h5-6,8,12,16-17H,3-4,7,9-10H2,1-2H3. The lowest BCUT2D eigenvalue weighted by atomic mass is 10.2. The van der Waals surface area contributed by atoms with E-state index in [9.17, 15) is 5.11 Å². The average Bonchev–Trinajstić information content (AvgIpc) is 2.37. The zero-order chi connectivity index (χ0) is 13.4. The molecule has 0 heterocycles. The normalized spacial score (nSPS) is 12.4. The van der Waals surface area contributed by atoms with Gasteiger partial charge >= 0.3 is 0 Å². The van der Waals surface area contributed by atoms with Crippen molar-refractivity contribution >= 4 is 15.9 Å². The van der Waals surface area contributed by atoms with Gasteiger partial charge < -0.3 is 15.2 Å². The highest BCUT2D eigenvalue weighted by Crippen LogP contribution is 2.26. The summed E-state index contributed by atoms with van der Waals surface area (Å²) in [4.78, 5) is 0. The predicted octanol–water partition coefficient (Wildman–Crippen LogP) is 3.10. The van der Waals surface area contributed by atoms with Crippen LogP contribution in [0, 0.1) is 0 Å². The molecule has 0 aromatic heterocycles. The van der Waals surface area contributed by atoms with E-state index in [1.165, 1.54) is 5.56 Å². The highest BCUT2D eigenvalue weighted by molar-refractivity contribution is 9.10. The quantitative estimate of drug-likeness (QED) is 0.724. The lowest BCUT2D eigenvalue weighted by Crippen LogP contribution is -2.16. The molecule has 2 N–H and O–H groups in total. The highest BCUT2D eigenvalue weighted by Gasteiger charge is 2.06. The molecule has 0 bridgehead atoms. The van der Waals surface area contributed by atoms with Gasteiger partial charge in [0.15, 0.2) is 0 Å². The summed E-state index contributed by atoms with van der Waals surface area (Å²) in [6.45, 7) is 6.32. The summed E-state index contributed by atoms with van der Waals surface area (Å²) in [5.74, 6) is 0.779. The minimum Gasteiger partial charge on any atom is -0.490 e. The SMILES string of the molecule is CCCNCc1ccc(OCC(O)CC)c(Br)c1. The van der Waals surface area contributed by atoms with Crippen LogP contribution in [0.3, 0.4) is 0 Å². The van der Waals surface area contributed by atoms with Gasteiger partial charge in [0.05, 0.1) is 10.6 Å². The second-order valence-corrected chi connectivity index (χ2v) is 5.17. The van der Waals surface area contributed by atoms with Crippen LogP contribution in [-0.2, 0) is 6.54 Å². The molecule has 0 fully saturated rings. The fourth-order valence-electron chi connectivity index (χ4n) is 1.48. The zero-order valence-corrected chi connectivity index (χ0v) is 12.7. The zero-order valence-electron chi connectivity index (χ0n) is 11.1. The number of aliphatic hydroxyl groups is 1. The van der Waals surface area contributed by atoms with Gasteiger partial charge in [0.1, 0.15) is 12.4 Å². The molecule has 1 unspecified atom stereocenters. The molecule has 0 radical (unpaired) electrons. The first-order valence-electron chi connectivity index (χ1n) is 6.47. The number of nitrogens with one attached hydrogen (secondary N) is 1. The molecule has 0 saturated heterocycles. The summed E-state index contributed by atoms with van der Waals surface area (Å²) < 4.78 is 6.48. The fourth-order valence-corrected chi connectivity index (χ4v) is 2.03. The molecule has 0 aliphatic rings. The smallest absolute Gasteiger partial charge is 0.133 e. The lowest BCUT2D eigenvalue weighted by molar-refractivity contribution is 0.104. The molecule has 1 aromatic rings. The summed E-state index contributed by atoms with van der Waals surface area (Å²) in [5.41, 5.74) is 1.22. The van der Waals surface area contributed by atoms with Gasteiger partial charge in [0, 0.05) is 6.54 Å². The summed E-state index contributed by atoms with van der Waals surface area (Å²) in [6, 6.07) is 6.03. The second-order valence-electron chi connectivity index (χ2n) is 4.31. The maximum absolute atomic E-state index is 9.46. The van der Waals surface area contributed by atoms with Crippen molar-refractivity contribution in [1.82, 2.24) is 5.32 Å². The van der Waals surface area contributed by atoms with Crippen LogP contribution < -0.4 is 10.1 Å². The Morgan fingerprint density at radius 1 is 1.39 bits per heavy atom. The largest absolute Gasteiger partial charge is 0.490 e. The molecule has 3 nitrogen and oxygen atoms in total. The van der Waals surface area contributed by atoms with Gasteiger partial charge in [-0.15, -0.1) is 0 Å². The van der Waals surface area contributed by atoms with Gasteiger partial charge in [-0.05, 0) is 53.0 Å². The van der Waals surface area contributed by atoms with Crippen LogP contribution in [0.2, 0.25) is 0 Å². The average molecular weight is 316 g/mol. The van der Waals surface area contributed by atoms with Crippen molar-refractivity contribution in [3.63, 3.8) is 0 Å². The van der Waals surface area contributed by atoms with Gasteiger partial charge in [0.25, 0.3) is 0 Å². The van der Waals surface area contributed by atoms with Crippen LogP contribution in [0.5, 0.6) is 5.75 Å². The van der Waals surface area contributed by atoms with E-state index in [1.807, 2.05) is 19.1 Å². The van der Waals surface area contributed by atoms with Crippen LogP contribution in [0.1, 0.15) is 32.3 Å². The third-order valence-corrected chi connectivity index (χ3v) is 3.27. The summed E-state index contributed by atoms with van der Waals surface area (Å²) >= 11 is 3.49. The Bertz CT molecular complexity index is 358. The van der Waals surface area contributed by atoms with E-state index in [4.69, 9.17) is 4.74 Å². The lowest BCUT2D eigenvalue weighted by Gasteiger charge is -2.12. The third kappa shape index (κ3) is 5.38. The second kappa shape index (κ2) is 8.51. The first kappa shape index (κ1) is 15.5. The van der Waals surface area contributed by atoms with Crippen LogP contribution in [0.25, 0.3) is 0 Å². The van der Waals surface area contributed by atoms with Crippen molar-refractivity contribution in [2.45, 2.75) is 39.3 Å². The number of hydrogen-bond acceptors (Lipinski definition) is 3. The van der Waals surface area contributed by atoms with E-state index in [2.05, 4.69) is 34.2 Å². The van der Waals surface area contributed by atoms with Crippen LogP contribution in [0.15, 0.2) is 22.7 Å². The minimum atomic E-state index is -0.400. The minimum absolute atomic E-state index is 0.336. The molecular formula is C14H22BrNO2. The number of halogens is 1. The van der Waals surface area contributed by atoms with E-state index in [-0.39, 0.29) is 0 Å². The molecule has 0 saturated carbocycles. The van der Waals surface area contributed by atoms with Crippen molar-refractivity contribution < 1.29 is 9.84 Å². The van der Waals surface area contributed by atoms with Gasteiger partial charge in [-0.3, -0.25) is 0 Å². The van der Waals surface area contributed by atoms with E-state index < -0.39 is 6.10 Å². The van der Waals surface area contributed by atoms with E-state index >= 15 is 0 Å². The highest BCUT2D eigenvalue weighted by atomic mass is 79.9. The Hall–Kier alpha value is -0.580. The van der Waals surface area contributed by atoms with Gasteiger partial charge in [-0.2, -0.15) is 0 Å². The molecule has 18 heavy (non-hydrogen) atoms. The Balaban J connectivity index is 2.51. The van der Waals surface area contributed by atoms with Crippen LogP contribution in [-0.4, -0.2) is 24.4 Å². The van der Waals surface area contributed by atoms with Crippen molar-refractivity contribution in [3.8, 4) is 5.75 Å². The summed E-state index contributed by atoms with van der Waals surface area (Å²) in [5, 5.41) is 12.8. The molecule has 0 aliphatic carbocycles. The van der Waals surface area contributed by atoms with Gasteiger partial charge in [-0.25, -0.2) is 0 Å².